The van der Waals surface area contributed by atoms with Crippen LogP contribution in [0.2, 0.25) is 0 Å². The lowest BCUT2D eigenvalue weighted by Crippen LogP contribution is -2.35. The molecule has 1 aliphatic carbocycles. The number of ether oxygens (including phenoxy) is 5. The molecule has 1 heterocycles. The van der Waals surface area contributed by atoms with E-state index in [2.05, 4.69) is 4.98 Å². The van der Waals surface area contributed by atoms with Gasteiger partial charge >= 0.3 is 5.97 Å². The van der Waals surface area contributed by atoms with Crippen molar-refractivity contribution in [1.82, 2.24) is 4.98 Å². The second kappa shape index (κ2) is 11.1. The number of rotatable bonds is 10. The Morgan fingerprint density at radius 1 is 1.00 bits per heavy atom. The van der Waals surface area contributed by atoms with E-state index in [1.54, 1.807) is 32.5 Å². The van der Waals surface area contributed by atoms with Gasteiger partial charge in [0.15, 0.2) is 11.5 Å². The smallest absolute Gasteiger partial charge is 0.323 e. The molecule has 2 aromatic carbocycles. The van der Waals surface area contributed by atoms with Crippen LogP contribution in [0.5, 0.6) is 28.7 Å². The maximum Gasteiger partial charge on any atom is 0.323 e. The highest BCUT2D eigenvalue weighted by atomic mass is 16.5. The maximum absolute atomic E-state index is 12.2. The molecule has 1 fully saturated rings. The van der Waals surface area contributed by atoms with Gasteiger partial charge in [0.25, 0.3) is 0 Å². The van der Waals surface area contributed by atoms with E-state index in [1.807, 2.05) is 30.3 Å². The van der Waals surface area contributed by atoms with Gasteiger partial charge in [-0.05, 0) is 62.1 Å². The molecule has 180 valence electrons. The normalized spacial score (nSPS) is 14.6. The van der Waals surface area contributed by atoms with Crippen LogP contribution < -0.4 is 24.7 Å². The monoisotopic (exact) mass is 466 g/mol. The van der Waals surface area contributed by atoms with E-state index in [-0.39, 0.29) is 18.7 Å². The first-order chi connectivity index (χ1) is 16.6. The van der Waals surface area contributed by atoms with Gasteiger partial charge in [-0.25, -0.2) is 0 Å². The van der Waals surface area contributed by atoms with Gasteiger partial charge in [0.05, 0.1) is 26.3 Å². The molecule has 34 heavy (non-hydrogen) atoms. The molecule has 0 amide bonds. The maximum atomic E-state index is 12.2. The number of hydrogen-bond acceptors (Lipinski definition) is 8. The van der Waals surface area contributed by atoms with E-state index in [9.17, 15) is 4.79 Å². The zero-order valence-electron chi connectivity index (χ0n) is 19.5. The average Bonchev–Trinajstić information content (AvgIpc) is 3.37. The zero-order valence-corrected chi connectivity index (χ0v) is 19.5. The summed E-state index contributed by atoms with van der Waals surface area (Å²) in [5, 5.41) is 0.777. The fourth-order valence-corrected chi connectivity index (χ4v) is 3.93. The van der Waals surface area contributed by atoms with Crippen LogP contribution in [0, 0.1) is 0 Å². The molecule has 1 aromatic heterocycles. The van der Waals surface area contributed by atoms with Crippen LogP contribution in [-0.4, -0.2) is 43.9 Å². The number of aromatic nitrogens is 1. The van der Waals surface area contributed by atoms with E-state index in [0.717, 1.165) is 36.8 Å². The van der Waals surface area contributed by atoms with Gasteiger partial charge in [0.2, 0.25) is 0 Å². The van der Waals surface area contributed by atoms with Crippen LogP contribution >= 0.6 is 0 Å². The lowest BCUT2D eigenvalue weighted by atomic mass is 10.1. The predicted octanol–water partition coefficient (Wildman–Crippen LogP) is 4.63. The van der Waals surface area contributed by atoms with Gasteiger partial charge in [0, 0.05) is 24.1 Å². The number of carbonyl (C=O) groups excluding carboxylic acids is 1. The predicted molar refractivity (Wildman–Crippen MR) is 128 cm³/mol. The quantitative estimate of drug-likeness (QED) is 0.432. The molecule has 8 heteroatoms. The molecule has 3 aromatic rings. The molecule has 4 rings (SSSR count). The Kier molecular flexibility index (Phi) is 7.69. The van der Waals surface area contributed by atoms with E-state index < -0.39 is 6.04 Å². The first kappa shape index (κ1) is 23.6. The van der Waals surface area contributed by atoms with E-state index in [1.165, 1.54) is 0 Å². The SMILES string of the molecule is COc1ccc(Oc2ccnc3cc(OCC[C@H](N)C(=O)OC4CCCC4)c(OC)cc23)cc1. The van der Waals surface area contributed by atoms with Crippen molar-refractivity contribution in [3.63, 3.8) is 0 Å². The Morgan fingerprint density at radius 2 is 1.74 bits per heavy atom. The second-order valence-corrected chi connectivity index (χ2v) is 8.19. The molecule has 0 saturated heterocycles. The lowest BCUT2D eigenvalue weighted by Gasteiger charge is -2.17. The highest BCUT2D eigenvalue weighted by molar-refractivity contribution is 5.88. The Morgan fingerprint density at radius 3 is 2.44 bits per heavy atom. The Balaban J connectivity index is 1.43. The number of fused-ring (bicyclic) bond motifs is 1. The number of carbonyl (C=O) groups is 1. The standard InChI is InChI=1S/C26H30N2O6/c1-30-17-7-9-19(10-8-17)33-23-11-13-28-22-16-25(24(31-2)15-20(22)23)32-14-12-21(27)26(29)34-18-5-3-4-6-18/h7-11,13,15-16,18,21H,3-6,12,14,27H2,1-2H3/t21-/m0/s1. The minimum atomic E-state index is -0.727. The summed E-state index contributed by atoms with van der Waals surface area (Å²) in [6.07, 6.45) is 6.03. The van der Waals surface area contributed by atoms with Crippen LogP contribution in [0.1, 0.15) is 32.1 Å². The third kappa shape index (κ3) is 5.69. The zero-order chi connectivity index (χ0) is 23.9. The summed E-state index contributed by atoms with van der Waals surface area (Å²) in [7, 11) is 3.19. The van der Waals surface area contributed by atoms with Gasteiger partial charge in [-0.3, -0.25) is 9.78 Å². The van der Waals surface area contributed by atoms with Gasteiger partial charge in [-0.2, -0.15) is 0 Å². The third-order valence-electron chi connectivity index (χ3n) is 5.85. The van der Waals surface area contributed by atoms with Gasteiger partial charge in [-0.15, -0.1) is 0 Å². The molecule has 1 saturated carbocycles. The average molecular weight is 467 g/mol. The van der Waals surface area contributed by atoms with Gasteiger partial charge < -0.3 is 29.4 Å². The molecule has 8 nitrogen and oxygen atoms in total. The summed E-state index contributed by atoms with van der Waals surface area (Å²) in [5.74, 6) is 2.73. The molecular formula is C26H30N2O6. The first-order valence-electron chi connectivity index (χ1n) is 11.4. The molecule has 1 atom stereocenters. The fraction of sp³-hybridized carbons (Fsp3) is 0.385. The number of nitrogens with two attached hydrogens (primary N) is 1. The molecule has 1 aliphatic rings. The third-order valence-corrected chi connectivity index (χ3v) is 5.85. The van der Waals surface area contributed by atoms with Crippen LogP contribution in [0.4, 0.5) is 0 Å². The summed E-state index contributed by atoms with van der Waals surface area (Å²) >= 11 is 0. The van der Waals surface area contributed by atoms with Crippen molar-refractivity contribution in [3.05, 3.63) is 48.7 Å². The summed E-state index contributed by atoms with van der Waals surface area (Å²) in [5.41, 5.74) is 6.70. The van der Waals surface area contributed by atoms with Crippen molar-refractivity contribution in [2.24, 2.45) is 5.73 Å². The van der Waals surface area contributed by atoms with Crippen LogP contribution in [0.15, 0.2) is 48.7 Å². The largest absolute Gasteiger partial charge is 0.497 e. The Labute approximate surface area is 198 Å². The second-order valence-electron chi connectivity index (χ2n) is 8.19. The fourth-order valence-electron chi connectivity index (χ4n) is 3.93. The van der Waals surface area contributed by atoms with E-state index >= 15 is 0 Å². The molecule has 0 aliphatic heterocycles. The summed E-state index contributed by atoms with van der Waals surface area (Å²) in [6.45, 7) is 0.241. The van der Waals surface area contributed by atoms with Crippen molar-refractivity contribution in [2.45, 2.75) is 44.2 Å². The van der Waals surface area contributed by atoms with E-state index in [0.29, 0.717) is 34.9 Å². The molecule has 0 unspecified atom stereocenters. The molecule has 2 N–H and O–H groups in total. The molecule has 0 spiro atoms. The number of pyridine rings is 1. The highest BCUT2D eigenvalue weighted by Crippen LogP contribution is 2.37. The van der Waals surface area contributed by atoms with Crippen molar-refractivity contribution >= 4 is 16.9 Å². The van der Waals surface area contributed by atoms with E-state index in [4.69, 9.17) is 29.4 Å². The number of benzene rings is 2. The van der Waals surface area contributed by atoms with Crippen molar-refractivity contribution in [1.29, 1.82) is 0 Å². The summed E-state index contributed by atoms with van der Waals surface area (Å²) in [4.78, 5) is 16.6. The van der Waals surface area contributed by atoms with Crippen LogP contribution in [0.25, 0.3) is 10.9 Å². The Hall–Kier alpha value is -3.52. The number of methoxy groups -OCH3 is 2. The summed E-state index contributed by atoms with van der Waals surface area (Å²) < 4.78 is 28.2. The lowest BCUT2D eigenvalue weighted by molar-refractivity contribution is -0.150. The minimum Gasteiger partial charge on any atom is -0.497 e. The number of nitrogens with zero attached hydrogens (tertiary/aromatic N) is 1. The molecule has 0 radical (unpaired) electrons. The number of esters is 1. The van der Waals surface area contributed by atoms with Crippen molar-refractivity contribution in [2.75, 3.05) is 20.8 Å². The van der Waals surface area contributed by atoms with Crippen LogP contribution in [-0.2, 0) is 9.53 Å². The number of hydrogen-bond donors (Lipinski definition) is 1. The van der Waals surface area contributed by atoms with Crippen molar-refractivity contribution in [3.8, 4) is 28.7 Å². The highest BCUT2D eigenvalue weighted by Gasteiger charge is 2.23. The van der Waals surface area contributed by atoms with Crippen LogP contribution in [0.3, 0.4) is 0 Å². The summed E-state index contributed by atoms with van der Waals surface area (Å²) in [6, 6.07) is 12.0. The first-order valence-corrected chi connectivity index (χ1v) is 11.4. The van der Waals surface area contributed by atoms with Gasteiger partial charge in [0.1, 0.15) is 29.4 Å². The molecular weight excluding hydrogens is 436 g/mol. The van der Waals surface area contributed by atoms with Gasteiger partial charge in [-0.1, -0.05) is 0 Å². The topological polar surface area (TPSA) is 102 Å². The van der Waals surface area contributed by atoms with Crippen molar-refractivity contribution < 1.29 is 28.5 Å². The minimum absolute atomic E-state index is 0.000421. The molecule has 0 bridgehead atoms. The Bertz CT molecular complexity index is 1110.